The molecule has 0 spiro atoms. The van der Waals surface area contributed by atoms with Crippen LogP contribution in [-0.2, 0) is 0 Å². The van der Waals surface area contributed by atoms with Gasteiger partial charge in [0.15, 0.2) is 11.5 Å². The largest absolute Gasteiger partial charge is 0.493 e. The highest BCUT2D eigenvalue weighted by atomic mass is 32.2. The third kappa shape index (κ3) is 2.70. The quantitative estimate of drug-likeness (QED) is 0.815. The number of allylic oxidation sites excluding steroid dienone is 2. The number of amides is 1. The van der Waals surface area contributed by atoms with Gasteiger partial charge in [0, 0.05) is 10.5 Å². The molecule has 8 heteroatoms. The molecule has 2 aliphatic heterocycles. The number of carbonyl (C=O) groups excluding carboxylic acids is 1. The summed E-state index contributed by atoms with van der Waals surface area (Å²) in [6, 6.07) is 16.6. The lowest BCUT2D eigenvalue weighted by molar-refractivity contribution is 0.0841. The standard InChI is InChI=1S/C22H16N4O3S/c1-28-16-8-5-7-13(19(16)29-2)18-14(10-23)20(25)26-21(27)12-6-3-4-9-17(12)30-22(26)15(18)11-24/h3-9,18H,25H2,1-2H3. The summed E-state index contributed by atoms with van der Waals surface area (Å²) in [4.78, 5) is 15.1. The Hall–Kier alpha value is -3.88. The van der Waals surface area contributed by atoms with Gasteiger partial charge in [0.2, 0.25) is 0 Å². The van der Waals surface area contributed by atoms with Crippen molar-refractivity contribution in [3.8, 4) is 23.6 Å². The second kappa shape index (κ2) is 7.51. The van der Waals surface area contributed by atoms with Crippen molar-refractivity contribution < 1.29 is 14.3 Å². The Morgan fingerprint density at radius 2 is 1.77 bits per heavy atom. The van der Waals surface area contributed by atoms with Crippen LogP contribution in [0.15, 0.2) is 69.4 Å². The Balaban J connectivity index is 2.01. The van der Waals surface area contributed by atoms with Crippen LogP contribution < -0.4 is 15.2 Å². The Morgan fingerprint density at radius 1 is 1.03 bits per heavy atom. The maximum Gasteiger partial charge on any atom is 0.265 e. The molecule has 0 aliphatic carbocycles. The van der Waals surface area contributed by atoms with E-state index in [2.05, 4.69) is 12.1 Å². The van der Waals surface area contributed by atoms with Crippen LogP contribution in [-0.4, -0.2) is 25.0 Å². The zero-order chi connectivity index (χ0) is 21.4. The molecule has 2 aliphatic rings. The minimum absolute atomic E-state index is 0.00776. The van der Waals surface area contributed by atoms with Gasteiger partial charge >= 0.3 is 0 Å². The zero-order valence-electron chi connectivity index (χ0n) is 16.2. The molecule has 30 heavy (non-hydrogen) atoms. The molecule has 2 N–H and O–H groups in total. The molecule has 2 aromatic carbocycles. The summed E-state index contributed by atoms with van der Waals surface area (Å²) in [5.74, 6) is -0.281. The van der Waals surface area contributed by atoms with Gasteiger partial charge in [-0.25, -0.2) is 0 Å². The van der Waals surface area contributed by atoms with Crippen LogP contribution >= 0.6 is 11.8 Å². The normalized spacial score (nSPS) is 17.7. The molecular weight excluding hydrogens is 400 g/mol. The molecule has 2 aromatic rings. The predicted octanol–water partition coefficient (Wildman–Crippen LogP) is 3.48. The van der Waals surface area contributed by atoms with Crippen molar-refractivity contribution in [2.75, 3.05) is 14.2 Å². The van der Waals surface area contributed by atoms with Crippen molar-refractivity contribution in [3.63, 3.8) is 0 Å². The van der Waals surface area contributed by atoms with E-state index >= 15 is 0 Å². The first-order valence-corrected chi connectivity index (χ1v) is 9.75. The third-order valence-corrected chi connectivity index (χ3v) is 6.21. The second-order valence-electron chi connectivity index (χ2n) is 6.50. The number of para-hydroxylation sites is 1. The van der Waals surface area contributed by atoms with Gasteiger partial charge in [-0.1, -0.05) is 36.0 Å². The molecule has 0 radical (unpaired) electrons. The Morgan fingerprint density at radius 3 is 2.43 bits per heavy atom. The van der Waals surface area contributed by atoms with Gasteiger partial charge in [0.1, 0.15) is 10.9 Å². The highest BCUT2D eigenvalue weighted by Gasteiger charge is 2.43. The monoisotopic (exact) mass is 416 g/mol. The Bertz CT molecular complexity index is 1220. The number of ether oxygens (including phenoxy) is 2. The van der Waals surface area contributed by atoms with Crippen LogP contribution in [0.5, 0.6) is 11.5 Å². The van der Waals surface area contributed by atoms with E-state index < -0.39 is 5.92 Å². The fourth-order valence-electron chi connectivity index (χ4n) is 3.71. The highest BCUT2D eigenvalue weighted by Crippen LogP contribution is 2.51. The van der Waals surface area contributed by atoms with Crippen molar-refractivity contribution in [1.82, 2.24) is 4.90 Å². The highest BCUT2D eigenvalue weighted by molar-refractivity contribution is 8.03. The van der Waals surface area contributed by atoms with E-state index in [1.807, 2.05) is 12.1 Å². The number of nitrogens with two attached hydrogens (primary N) is 1. The summed E-state index contributed by atoms with van der Waals surface area (Å²) >= 11 is 1.28. The molecule has 0 aromatic heterocycles. The van der Waals surface area contributed by atoms with Crippen LogP contribution in [0.3, 0.4) is 0 Å². The summed E-state index contributed by atoms with van der Waals surface area (Å²) in [6.45, 7) is 0. The molecule has 4 rings (SSSR count). The van der Waals surface area contributed by atoms with E-state index in [1.54, 1.807) is 30.3 Å². The minimum Gasteiger partial charge on any atom is -0.493 e. The number of nitrogens with zero attached hydrogens (tertiary/aromatic N) is 3. The van der Waals surface area contributed by atoms with E-state index in [0.717, 1.165) is 4.90 Å². The van der Waals surface area contributed by atoms with E-state index in [9.17, 15) is 15.3 Å². The summed E-state index contributed by atoms with van der Waals surface area (Å²) in [6.07, 6.45) is 0. The van der Waals surface area contributed by atoms with Crippen LogP contribution in [0.25, 0.3) is 0 Å². The van der Waals surface area contributed by atoms with Crippen molar-refractivity contribution in [3.05, 3.63) is 75.6 Å². The first-order valence-electron chi connectivity index (χ1n) is 8.93. The van der Waals surface area contributed by atoms with Crippen molar-refractivity contribution in [2.24, 2.45) is 5.73 Å². The summed E-state index contributed by atoms with van der Waals surface area (Å²) in [5.41, 5.74) is 7.72. The maximum atomic E-state index is 13.2. The first kappa shape index (κ1) is 19.4. The second-order valence-corrected chi connectivity index (χ2v) is 7.53. The Kier molecular flexibility index (Phi) is 4.86. The molecule has 7 nitrogen and oxygen atoms in total. The van der Waals surface area contributed by atoms with Gasteiger partial charge in [-0.05, 0) is 18.2 Å². The number of nitriles is 2. The van der Waals surface area contributed by atoms with Crippen molar-refractivity contribution in [1.29, 1.82) is 10.5 Å². The van der Waals surface area contributed by atoms with E-state index in [1.165, 1.54) is 30.9 Å². The maximum absolute atomic E-state index is 13.2. The molecule has 0 saturated heterocycles. The van der Waals surface area contributed by atoms with Gasteiger partial charge in [-0.3, -0.25) is 9.69 Å². The lowest BCUT2D eigenvalue weighted by Gasteiger charge is -2.37. The van der Waals surface area contributed by atoms with Gasteiger partial charge in [-0.15, -0.1) is 0 Å². The van der Waals surface area contributed by atoms with Gasteiger partial charge < -0.3 is 15.2 Å². The predicted molar refractivity (Wildman–Crippen MR) is 110 cm³/mol. The molecule has 1 atom stereocenters. The van der Waals surface area contributed by atoms with Crippen LogP contribution in [0.4, 0.5) is 0 Å². The van der Waals surface area contributed by atoms with E-state index in [0.29, 0.717) is 27.7 Å². The average molecular weight is 416 g/mol. The molecular formula is C22H16N4O3S. The average Bonchev–Trinajstić information content (AvgIpc) is 2.78. The SMILES string of the molecule is COc1cccc(C2C(C#N)=C(N)N3C(=O)c4ccccc4SC3=C2C#N)c1OC. The molecule has 148 valence electrons. The number of hydrogen-bond donors (Lipinski definition) is 1. The topological polar surface area (TPSA) is 112 Å². The number of rotatable bonds is 3. The lowest BCUT2D eigenvalue weighted by Crippen LogP contribution is -2.40. The Labute approximate surface area is 177 Å². The first-order chi connectivity index (χ1) is 14.6. The summed E-state index contributed by atoms with van der Waals surface area (Å²) < 4.78 is 10.9. The molecule has 0 bridgehead atoms. The van der Waals surface area contributed by atoms with Crippen LogP contribution in [0, 0.1) is 22.7 Å². The number of fused-ring (bicyclic) bond motifs is 2. The number of thioether (sulfide) groups is 1. The number of benzene rings is 2. The van der Waals surface area contributed by atoms with Gasteiger partial charge in [0.25, 0.3) is 5.91 Å². The van der Waals surface area contributed by atoms with Crippen LogP contribution in [0.2, 0.25) is 0 Å². The fraction of sp³-hybridized carbons (Fsp3) is 0.136. The molecule has 1 unspecified atom stereocenters. The molecule has 0 fully saturated rings. The van der Waals surface area contributed by atoms with Crippen molar-refractivity contribution in [2.45, 2.75) is 10.8 Å². The summed E-state index contributed by atoms with van der Waals surface area (Å²) in [7, 11) is 3.00. The smallest absolute Gasteiger partial charge is 0.265 e. The number of methoxy groups -OCH3 is 2. The molecule has 1 amide bonds. The van der Waals surface area contributed by atoms with E-state index in [-0.39, 0.29) is 22.9 Å². The minimum atomic E-state index is -0.790. The lowest BCUT2D eigenvalue weighted by atomic mass is 9.83. The zero-order valence-corrected chi connectivity index (χ0v) is 17.0. The van der Waals surface area contributed by atoms with Crippen molar-refractivity contribution >= 4 is 17.7 Å². The summed E-state index contributed by atoms with van der Waals surface area (Å²) in [5, 5.41) is 20.4. The fourth-order valence-corrected chi connectivity index (χ4v) is 4.88. The third-order valence-electron chi connectivity index (χ3n) is 5.04. The van der Waals surface area contributed by atoms with Crippen LogP contribution in [0.1, 0.15) is 21.8 Å². The van der Waals surface area contributed by atoms with Gasteiger partial charge in [0.05, 0.1) is 49.0 Å². The molecule has 0 saturated carbocycles. The van der Waals surface area contributed by atoms with Gasteiger partial charge in [-0.2, -0.15) is 10.5 Å². The number of hydrogen-bond acceptors (Lipinski definition) is 7. The van der Waals surface area contributed by atoms with E-state index in [4.69, 9.17) is 15.2 Å². The number of carbonyl (C=O) groups is 1. The molecule has 2 heterocycles.